The largest absolute Gasteiger partial charge is 0.462 e. The molecule has 0 fully saturated rings. The van der Waals surface area contributed by atoms with Crippen LogP contribution in [0, 0.1) is 0 Å². The first-order valence-corrected chi connectivity index (χ1v) is 8.15. The average molecular weight is 600 g/mol. The minimum atomic E-state index is -8.70. The van der Waals surface area contributed by atoms with Crippen molar-refractivity contribution in [2.75, 3.05) is 6.61 Å². The summed E-state index contributed by atoms with van der Waals surface area (Å²) in [7, 11) is 0. The van der Waals surface area contributed by atoms with Gasteiger partial charge in [0.25, 0.3) is 0 Å². The number of carbonyl (C=O) groups excluding carboxylic acids is 1. The second-order valence-corrected chi connectivity index (χ2v) is 6.31. The quantitative estimate of drug-likeness (QED) is 0.136. The van der Waals surface area contributed by atoms with E-state index in [0.717, 1.165) is 0 Å². The molecule has 0 spiro atoms. The van der Waals surface area contributed by atoms with Crippen LogP contribution >= 0.6 is 0 Å². The molecular formula is C14H7F19O4. The molecule has 4 nitrogen and oxygen atoms in total. The molecule has 0 aromatic heterocycles. The molecule has 220 valence electrons. The highest BCUT2D eigenvalue weighted by molar-refractivity contribution is 5.81. The molecule has 0 unspecified atom stereocenters. The Balaban J connectivity index is 6.13. The van der Waals surface area contributed by atoms with Crippen molar-refractivity contribution in [3.63, 3.8) is 0 Å². The van der Waals surface area contributed by atoms with Gasteiger partial charge in [0.2, 0.25) is 0 Å². The fourth-order valence-electron chi connectivity index (χ4n) is 1.67. The third kappa shape index (κ3) is 6.45. The summed E-state index contributed by atoms with van der Waals surface area (Å²) in [5.74, 6) is -35.7. The van der Waals surface area contributed by atoms with Crippen molar-refractivity contribution in [1.82, 2.24) is 0 Å². The number of rotatable bonds is 13. The lowest BCUT2D eigenvalue weighted by atomic mass is 9.97. The normalized spacial score (nSPS) is 15.5. The number of esters is 1. The molecule has 0 saturated heterocycles. The molecule has 0 aliphatic carbocycles. The number of halogens is 19. The molecule has 37 heavy (non-hydrogen) atoms. The average Bonchev–Trinajstić information content (AvgIpc) is 2.64. The number of hydrogen-bond acceptors (Lipinski definition) is 4. The van der Waals surface area contributed by atoms with Gasteiger partial charge >= 0.3 is 60.3 Å². The first kappa shape index (κ1) is 34.8. The van der Waals surface area contributed by atoms with Gasteiger partial charge in [-0.2, -0.15) is 83.4 Å². The zero-order valence-electron chi connectivity index (χ0n) is 16.5. The van der Waals surface area contributed by atoms with Crippen LogP contribution in [-0.2, 0) is 19.0 Å². The van der Waals surface area contributed by atoms with E-state index in [0.29, 0.717) is 6.08 Å². The Labute approximate surface area is 189 Å². The molecule has 0 aromatic rings. The van der Waals surface area contributed by atoms with Crippen LogP contribution in [0.5, 0.6) is 0 Å². The summed E-state index contributed by atoms with van der Waals surface area (Å²) in [6, 6.07) is 0. The summed E-state index contributed by atoms with van der Waals surface area (Å²) >= 11 is 0. The van der Waals surface area contributed by atoms with E-state index in [1.807, 2.05) is 0 Å². The van der Waals surface area contributed by atoms with Gasteiger partial charge in [-0.25, -0.2) is 14.3 Å². The van der Waals surface area contributed by atoms with E-state index in [-0.39, 0.29) is 0 Å². The first-order valence-electron chi connectivity index (χ1n) is 8.15. The van der Waals surface area contributed by atoms with Crippen LogP contribution in [0.15, 0.2) is 12.7 Å². The molecule has 0 aromatic carbocycles. The molecule has 0 radical (unpaired) electrons. The third-order valence-electron chi connectivity index (χ3n) is 3.58. The van der Waals surface area contributed by atoms with Gasteiger partial charge in [0, 0.05) is 6.08 Å². The maximum Gasteiger partial charge on any atom is 0.460 e. The lowest BCUT2D eigenvalue weighted by Crippen LogP contribution is -2.71. The molecule has 0 amide bonds. The van der Waals surface area contributed by atoms with Crippen molar-refractivity contribution in [1.29, 1.82) is 0 Å². The molecule has 0 aliphatic rings. The molecule has 0 bridgehead atoms. The Bertz CT molecular complexity index is 831. The van der Waals surface area contributed by atoms with Crippen LogP contribution in [0.2, 0.25) is 0 Å². The van der Waals surface area contributed by atoms with E-state index in [1.165, 1.54) is 4.74 Å². The number of carbonyl (C=O) groups is 1. The minimum Gasteiger partial charge on any atom is -0.462 e. The highest BCUT2D eigenvalue weighted by Crippen LogP contribution is 2.61. The molecule has 0 aliphatic heterocycles. The topological polar surface area (TPSA) is 44.8 Å². The lowest BCUT2D eigenvalue weighted by Gasteiger charge is -2.40. The molecule has 0 atom stereocenters. The summed E-state index contributed by atoms with van der Waals surface area (Å²) < 4.78 is 253. The monoisotopic (exact) mass is 600 g/mol. The Morgan fingerprint density at radius 2 is 0.946 bits per heavy atom. The molecule has 23 heteroatoms. The Kier molecular flexibility index (Phi) is 9.25. The zero-order chi connectivity index (χ0) is 30.3. The fraction of sp³-hybridized carbons (Fsp3) is 0.786. The van der Waals surface area contributed by atoms with Crippen molar-refractivity contribution < 1.29 is 102 Å². The van der Waals surface area contributed by atoms with Gasteiger partial charge < -0.3 is 4.74 Å². The van der Waals surface area contributed by atoms with Crippen LogP contribution < -0.4 is 0 Å². The van der Waals surface area contributed by atoms with Gasteiger partial charge in [-0.15, -0.1) is 0 Å². The lowest BCUT2D eigenvalue weighted by molar-refractivity contribution is -0.544. The fourth-order valence-corrected chi connectivity index (χ4v) is 1.67. The van der Waals surface area contributed by atoms with Gasteiger partial charge in [-0.05, 0) is 0 Å². The SMILES string of the molecule is C=CC(=O)OCCC(F)(F)OC(F)(F)C(F)(F)OC(F)(F)C(F)(F)C(F)(F)C(F)(F)C(F)(F)C(F)(F)F. The van der Waals surface area contributed by atoms with Gasteiger partial charge in [0.15, 0.2) is 0 Å². The smallest absolute Gasteiger partial charge is 0.460 e. The van der Waals surface area contributed by atoms with Crippen LogP contribution in [-0.4, -0.2) is 66.9 Å². The number of ether oxygens (including phenoxy) is 3. The predicted octanol–water partition coefficient (Wildman–Crippen LogP) is 6.61. The molecule has 0 saturated carbocycles. The van der Waals surface area contributed by atoms with Crippen LogP contribution in [0.1, 0.15) is 6.42 Å². The number of hydrogen-bond donors (Lipinski definition) is 0. The molecule has 0 rings (SSSR count). The minimum absolute atomic E-state index is 0.293. The van der Waals surface area contributed by atoms with Crippen LogP contribution in [0.4, 0.5) is 83.4 Å². The van der Waals surface area contributed by atoms with Crippen LogP contribution in [0.3, 0.4) is 0 Å². The van der Waals surface area contributed by atoms with E-state index < -0.39 is 73.3 Å². The van der Waals surface area contributed by atoms with E-state index in [4.69, 9.17) is 0 Å². The highest BCUT2D eigenvalue weighted by atomic mass is 19.4. The summed E-state index contributed by atoms with van der Waals surface area (Å²) in [5, 5.41) is 0. The van der Waals surface area contributed by atoms with Crippen molar-refractivity contribution in [2.45, 2.75) is 60.7 Å². The number of alkyl halides is 19. The first-order chi connectivity index (χ1) is 15.9. The van der Waals surface area contributed by atoms with Gasteiger partial charge in [-0.3, -0.25) is 0 Å². The second kappa shape index (κ2) is 9.84. The Morgan fingerprint density at radius 1 is 0.568 bits per heavy atom. The van der Waals surface area contributed by atoms with Crippen molar-refractivity contribution in [2.24, 2.45) is 0 Å². The van der Waals surface area contributed by atoms with Gasteiger partial charge in [-0.1, -0.05) is 6.58 Å². The third-order valence-corrected chi connectivity index (χ3v) is 3.58. The summed E-state index contributed by atoms with van der Waals surface area (Å²) in [6.07, 6.45) is -38.7. The molecular weight excluding hydrogens is 593 g/mol. The summed E-state index contributed by atoms with van der Waals surface area (Å²) in [5.41, 5.74) is 0. The van der Waals surface area contributed by atoms with E-state index in [9.17, 15) is 88.2 Å². The molecule has 0 N–H and O–H groups in total. The molecule has 0 heterocycles. The second-order valence-electron chi connectivity index (χ2n) is 6.31. The maximum atomic E-state index is 13.3. The van der Waals surface area contributed by atoms with Gasteiger partial charge in [0.1, 0.15) is 0 Å². The van der Waals surface area contributed by atoms with Crippen molar-refractivity contribution in [3.05, 3.63) is 12.7 Å². The standard InChI is InChI=1S/C14H7F19O4/c1-2-5(34)35-4-3-6(15,16)36-13(30,31)14(32,33)37-12(28,29)10(23,24)8(19,20)7(17,18)9(21,22)11(25,26)27/h2H,1,3-4H2. The zero-order valence-corrected chi connectivity index (χ0v) is 16.5. The Morgan fingerprint density at radius 3 is 1.32 bits per heavy atom. The van der Waals surface area contributed by atoms with Gasteiger partial charge in [0.05, 0.1) is 13.0 Å². The van der Waals surface area contributed by atoms with Crippen molar-refractivity contribution in [3.8, 4) is 0 Å². The van der Waals surface area contributed by atoms with Crippen LogP contribution in [0.25, 0.3) is 0 Å². The Hall–Kier alpha value is -2.20. The van der Waals surface area contributed by atoms with E-state index in [2.05, 4.69) is 16.1 Å². The predicted molar refractivity (Wildman–Crippen MR) is 73.6 cm³/mol. The summed E-state index contributed by atoms with van der Waals surface area (Å²) in [4.78, 5) is 10.6. The maximum absolute atomic E-state index is 13.3. The van der Waals surface area contributed by atoms with E-state index >= 15 is 0 Å². The summed E-state index contributed by atoms with van der Waals surface area (Å²) in [6.45, 7) is 1.06. The van der Waals surface area contributed by atoms with E-state index in [1.54, 1.807) is 0 Å². The van der Waals surface area contributed by atoms with Crippen molar-refractivity contribution >= 4 is 5.97 Å². The highest BCUT2D eigenvalue weighted by Gasteiger charge is 2.92.